The Morgan fingerprint density at radius 3 is 2.86 bits per heavy atom. The van der Waals surface area contributed by atoms with E-state index >= 15 is 0 Å². The van der Waals surface area contributed by atoms with Crippen molar-refractivity contribution in [3.05, 3.63) is 53.9 Å². The van der Waals surface area contributed by atoms with Crippen molar-refractivity contribution in [3.8, 4) is 11.5 Å². The van der Waals surface area contributed by atoms with Crippen LogP contribution >= 0.6 is 0 Å². The highest BCUT2D eigenvalue weighted by atomic mass is 16.5. The maximum Gasteiger partial charge on any atom is 0.287 e. The van der Waals surface area contributed by atoms with Crippen LogP contribution in [0.25, 0.3) is 11.5 Å². The number of furan rings is 1. The molecule has 3 aromatic heterocycles. The summed E-state index contributed by atoms with van der Waals surface area (Å²) >= 11 is 0. The second kappa shape index (κ2) is 8.35. The van der Waals surface area contributed by atoms with Crippen molar-refractivity contribution in [2.75, 3.05) is 13.1 Å². The highest BCUT2D eigenvalue weighted by Crippen LogP contribution is 2.25. The first-order valence-corrected chi connectivity index (χ1v) is 9.56. The van der Waals surface area contributed by atoms with Crippen LogP contribution in [-0.2, 0) is 6.54 Å². The molecule has 0 radical (unpaired) electrons. The standard InChI is InChI=1S/C20H23N5O3/c1-14(25-11-5-2-6-12-25)16-8-9-17(27-16)20(26)22-13-18-23-19(24-28-18)15-7-3-4-10-21-15/h3-4,7-10,14H,2,5-6,11-13H2,1H3,(H,22,26)/t14-/m0/s1. The maximum absolute atomic E-state index is 12.4. The van der Waals surface area contributed by atoms with Gasteiger partial charge in [0.2, 0.25) is 11.7 Å². The average Bonchev–Trinajstić information content (AvgIpc) is 3.43. The van der Waals surface area contributed by atoms with Crippen molar-refractivity contribution in [1.29, 1.82) is 0 Å². The molecule has 4 heterocycles. The third kappa shape index (κ3) is 4.12. The number of hydrogen-bond acceptors (Lipinski definition) is 7. The van der Waals surface area contributed by atoms with Crippen molar-refractivity contribution in [1.82, 2.24) is 25.3 Å². The minimum atomic E-state index is -0.310. The molecule has 1 fully saturated rings. The molecule has 1 aliphatic heterocycles. The Morgan fingerprint density at radius 1 is 1.21 bits per heavy atom. The molecule has 8 heteroatoms. The lowest BCUT2D eigenvalue weighted by Gasteiger charge is -2.31. The summed E-state index contributed by atoms with van der Waals surface area (Å²) in [6.45, 7) is 4.37. The zero-order valence-electron chi connectivity index (χ0n) is 15.8. The number of nitrogens with zero attached hydrogens (tertiary/aromatic N) is 4. The molecule has 1 atom stereocenters. The normalized spacial score (nSPS) is 16.0. The van der Waals surface area contributed by atoms with E-state index in [4.69, 9.17) is 8.94 Å². The summed E-state index contributed by atoms with van der Waals surface area (Å²) in [4.78, 5) is 23.2. The van der Waals surface area contributed by atoms with E-state index in [0.29, 0.717) is 17.4 Å². The van der Waals surface area contributed by atoms with Crippen LogP contribution in [0.5, 0.6) is 0 Å². The van der Waals surface area contributed by atoms with Gasteiger partial charge in [-0.1, -0.05) is 17.6 Å². The largest absolute Gasteiger partial charge is 0.454 e. The Hall–Kier alpha value is -3.00. The van der Waals surface area contributed by atoms with Crippen LogP contribution in [0.4, 0.5) is 0 Å². The summed E-state index contributed by atoms with van der Waals surface area (Å²) < 4.78 is 11.0. The number of likely N-dealkylation sites (tertiary alicyclic amines) is 1. The Balaban J connectivity index is 1.34. The van der Waals surface area contributed by atoms with E-state index in [-0.39, 0.29) is 24.3 Å². The van der Waals surface area contributed by atoms with Crippen LogP contribution in [0.2, 0.25) is 0 Å². The zero-order valence-corrected chi connectivity index (χ0v) is 15.8. The SMILES string of the molecule is C[C@@H](c1ccc(C(=O)NCc2nc(-c3ccccn3)no2)o1)N1CCCCC1. The predicted octanol–water partition coefficient (Wildman–Crippen LogP) is 3.20. The van der Waals surface area contributed by atoms with E-state index < -0.39 is 0 Å². The molecule has 1 aliphatic rings. The number of pyridine rings is 1. The predicted molar refractivity (Wildman–Crippen MR) is 101 cm³/mol. The highest BCUT2D eigenvalue weighted by Gasteiger charge is 2.22. The first kappa shape index (κ1) is 18.4. The smallest absolute Gasteiger partial charge is 0.287 e. The molecule has 146 valence electrons. The summed E-state index contributed by atoms with van der Waals surface area (Å²) in [5.41, 5.74) is 0.617. The second-order valence-electron chi connectivity index (χ2n) is 6.88. The molecule has 0 spiro atoms. The molecule has 8 nitrogen and oxygen atoms in total. The molecule has 0 saturated carbocycles. The van der Waals surface area contributed by atoms with Crippen LogP contribution < -0.4 is 5.32 Å². The van der Waals surface area contributed by atoms with E-state index in [9.17, 15) is 4.79 Å². The second-order valence-corrected chi connectivity index (χ2v) is 6.88. The Morgan fingerprint density at radius 2 is 2.07 bits per heavy atom. The molecule has 3 aromatic rings. The lowest BCUT2D eigenvalue weighted by molar-refractivity contribution is 0.0909. The molecule has 0 aromatic carbocycles. The van der Waals surface area contributed by atoms with Crippen molar-refractivity contribution in [2.24, 2.45) is 0 Å². The van der Waals surface area contributed by atoms with Gasteiger partial charge < -0.3 is 14.3 Å². The lowest BCUT2D eigenvalue weighted by atomic mass is 10.1. The molecular weight excluding hydrogens is 358 g/mol. The molecule has 0 unspecified atom stereocenters. The number of rotatable bonds is 6. The number of nitrogens with one attached hydrogen (secondary N) is 1. The Bertz CT molecular complexity index is 915. The van der Waals surface area contributed by atoms with Crippen LogP contribution in [0.1, 0.15) is 54.4 Å². The number of amides is 1. The highest BCUT2D eigenvalue weighted by molar-refractivity contribution is 5.91. The fourth-order valence-corrected chi connectivity index (χ4v) is 3.35. The number of aromatic nitrogens is 3. The fourth-order valence-electron chi connectivity index (χ4n) is 3.35. The van der Waals surface area contributed by atoms with Gasteiger partial charge in [0.25, 0.3) is 5.91 Å². The van der Waals surface area contributed by atoms with Crippen LogP contribution in [-0.4, -0.2) is 39.0 Å². The minimum absolute atomic E-state index is 0.121. The molecule has 1 saturated heterocycles. The molecule has 1 amide bonds. The summed E-state index contributed by atoms with van der Waals surface area (Å²) in [7, 11) is 0. The number of piperidine rings is 1. The van der Waals surface area contributed by atoms with Crippen molar-refractivity contribution in [3.63, 3.8) is 0 Å². The van der Waals surface area contributed by atoms with Gasteiger partial charge in [0.15, 0.2) is 5.76 Å². The quantitative estimate of drug-likeness (QED) is 0.700. The monoisotopic (exact) mass is 381 g/mol. The topological polar surface area (TPSA) is 97.3 Å². The van der Waals surface area contributed by atoms with Crippen molar-refractivity contribution in [2.45, 2.75) is 38.8 Å². The van der Waals surface area contributed by atoms with Gasteiger partial charge in [-0.05, 0) is 57.1 Å². The van der Waals surface area contributed by atoms with Crippen LogP contribution in [0.3, 0.4) is 0 Å². The van der Waals surface area contributed by atoms with Gasteiger partial charge in [0, 0.05) is 6.20 Å². The summed E-state index contributed by atoms with van der Waals surface area (Å²) in [6.07, 6.45) is 5.37. The van der Waals surface area contributed by atoms with E-state index in [0.717, 1.165) is 18.8 Å². The molecule has 0 bridgehead atoms. The summed E-state index contributed by atoms with van der Waals surface area (Å²) in [5.74, 6) is 1.48. The van der Waals surface area contributed by atoms with Gasteiger partial charge in [-0.2, -0.15) is 4.98 Å². The van der Waals surface area contributed by atoms with E-state index in [1.807, 2.05) is 18.2 Å². The van der Waals surface area contributed by atoms with Gasteiger partial charge in [0.1, 0.15) is 11.5 Å². The lowest BCUT2D eigenvalue weighted by Crippen LogP contribution is -2.32. The van der Waals surface area contributed by atoms with E-state index in [1.54, 1.807) is 18.3 Å². The molecule has 28 heavy (non-hydrogen) atoms. The van der Waals surface area contributed by atoms with Gasteiger partial charge in [0.05, 0.1) is 12.6 Å². The molecule has 1 N–H and O–H groups in total. The third-order valence-corrected chi connectivity index (χ3v) is 4.96. The van der Waals surface area contributed by atoms with E-state index in [2.05, 4.69) is 32.3 Å². The Labute approximate surface area is 162 Å². The molecular formula is C20H23N5O3. The fraction of sp³-hybridized carbons (Fsp3) is 0.400. The first-order valence-electron chi connectivity index (χ1n) is 9.56. The third-order valence-electron chi connectivity index (χ3n) is 4.96. The van der Waals surface area contributed by atoms with Crippen LogP contribution in [0.15, 0.2) is 45.5 Å². The van der Waals surface area contributed by atoms with Gasteiger partial charge in [-0.25, -0.2) is 0 Å². The average molecular weight is 381 g/mol. The van der Waals surface area contributed by atoms with Crippen molar-refractivity contribution < 1.29 is 13.7 Å². The van der Waals surface area contributed by atoms with Gasteiger partial charge >= 0.3 is 0 Å². The van der Waals surface area contributed by atoms with Crippen molar-refractivity contribution >= 4 is 5.91 Å². The van der Waals surface area contributed by atoms with Gasteiger partial charge in [-0.15, -0.1) is 0 Å². The number of carbonyl (C=O) groups is 1. The Kier molecular flexibility index (Phi) is 5.48. The number of hydrogen-bond donors (Lipinski definition) is 1. The van der Waals surface area contributed by atoms with Gasteiger partial charge in [-0.3, -0.25) is 14.7 Å². The van der Waals surface area contributed by atoms with E-state index in [1.165, 1.54) is 19.3 Å². The molecule has 0 aliphatic carbocycles. The summed E-state index contributed by atoms with van der Waals surface area (Å²) in [6, 6.07) is 9.20. The molecule has 4 rings (SSSR count). The first-order chi connectivity index (χ1) is 13.7. The summed E-state index contributed by atoms with van der Waals surface area (Å²) in [5, 5.41) is 6.64. The maximum atomic E-state index is 12.4. The van der Waals surface area contributed by atoms with Crippen LogP contribution in [0, 0.1) is 0 Å². The minimum Gasteiger partial charge on any atom is -0.454 e. The zero-order chi connectivity index (χ0) is 19.3. The number of carbonyl (C=O) groups excluding carboxylic acids is 1.